The summed E-state index contributed by atoms with van der Waals surface area (Å²) in [6.07, 6.45) is 1.44. The molecule has 2 aromatic carbocycles. The number of hydrogen-bond acceptors (Lipinski definition) is 5. The van der Waals surface area contributed by atoms with Crippen molar-refractivity contribution in [1.29, 1.82) is 0 Å². The maximum atomic E-state index is 13.8. The number of carbonyl (C=O) groups is 2. The Morgan fingerprint density at radius 3 is 2.16 bits per heavy atom. The van der Waals surface area contributed by atoms with Crippen LogP contribution < -0.4 is 14.4 Å². The highest BCUT2D eigenvalue weighted by molar-refractivity contribution is 7.92. The molecule has 0 unspecified atom stereocenters. The van der Waals surface area contributed by atoms with E-state index in [0.29, 0.717) is 17.9 Å². The fraction of sp³-hybridized carbons (Fsp3) is 0.500. The van der Waals surface area contributed by atoms with Gasteiger partial charge in [0, 0.05) is 12.1 Å². The molecule has 204 valence electrons. The Labute approximate surface area is 222 Å². The van der Waals surface area contributed by atoms with E-state index in [0.717, 1.165) is 21.7 Å². The van der Waals surface area contributed by atoms with E-state index < -0.39 is 34.1 Å². The monoisotopic (exact) mass is 531 g/mol. The molecule has 0 spiro atoms. The Bertz CT molecular complexity index is 1170. The molecule has 1 atom stereocenters. The molecule has 0 aliphatic rings. The molecule has 0 radical (unpaired) electrons. The number of anilines is 1. The Balaban J connectivity index is 2.47. The second kappa shape index (κ2) is 12.4. The van der Waals surface area contributed by atoms with Crippen LogP contribution in [0.15, 0.2) is 48.5 Å². The van der Waals surface area contributed by atoms with Crippen LogP contribution in [-0.4, -0.2) is 56.6 Å². The minimum atomic E-state index is -3.78. The van der Waals surface area contributed by atoms with Gasteiger partial charge >= 0.3 is 0 Å². The molecule has 0 saturated carbocycles. The summed E-state index contributed by atoms with van der Waals surface area (Å²) in [6.45, 7) is 11.2. The third-order valence-corrected chi connectivity index (χ3v) is 7.04. The van der Waals surface area contributed by atoms with Crippen LogP contribution in [0, 0.1) is 0 Å². The first-order valence-electron chi connectivity index (χ1n) is 12.5. The summed E-state index contributed by atoms with van der Waals surface area (Å²) in [7, 11) is -2.22. The number of hydrogen-bond donors (Lipinski definition) is 1. The number of nitrogens with one attached hydrogen (secondary N) is 1. The average Bonchev–Trinajstić information content (AvgIpc) is 2.80. The molecule has 0 heterocycles. The number of carbonyl (C=O) groups excluding carboxylic acids is 2. The number of amides is 2. The highest BCUT2D eigenvalue weighted by Crippen LogP contribution is 2.24. The van der Waals surface area contributed by atoms with E-state index in [4.69, 9.17) is 4.74 Å². The van der Waals surface area contributed by atoms with Crippen LogP contribution in [0.1, 0.15) is 65.0 Å². The summed E-state index contributed by atoms with van der Waals surface area (Å²) in [6, 6.07) is 13.6. The van der Waals surface area contributed by atoms with Crippen molar-refractivity contribution in [2.45, 2.75) is 72.0 Å². The largest absolute Gasteiger partial charge is 0.497 e. The molecule has 1 N–H and O–H groups in total. The molecule has 8 nitrogen and oxygen atoms in total. The minimum Gasteiger partial charge on any atom is -0.497 e. The van der Waals surface area contributed by atoms with Gasteiger partial charge in [-0.2, -0.15) is 0 Å². The summed E-state index contributed by atoms with van der Waals surface area (Å²) in [4.78, 5) is 28.5. The van der Waals surface area contributed by atoms with Crippen LogP contribution in [0.25, 0.3) is 0 Å². The third-order valence-electron chi connectivity index (χ3n) is 5.90. The number of rotatable bonds is 11. The number of ether oxygens (including phenoxy) is 1. The Hall–Kier alpha value is -3.07. The summed E-state index contributed by atoms with van der Waals surface area (Å²) in [5.41, 5.74) is 1.73. The Morgan fingerprint density at radius 1 is 1.05 bits per heavy atom. The van der Waals surface area contributed by atoms with Gasteiger partial charge in [0.2, 0.25) is 21.8 Å². The number of methoxy groups -OCH3 is 1. The maximum Gasteiger partial charge on any atom is 0.244 e. The normalized spacial score (nSPS) is 12.7. The van der Waals surface area contributed by atoms with Crippen molar-refractivity contribution >= 4 is 27.5 Å². The molecule has 0 fully saturated rings. The summed E-state index contributed by atoms with van der Waals surface area (Å²) in [5.74, 6) is 0.142. The molecule has 0 aliphatic carbocycles. The van der Waals surface area contributed by atoms with Crippen molar-refractivity contribution in [3.63, 3.8) is 0 Å². The van der Waals surface area contributed by atoms with Gasteiger partial charge in [0.25, 0.3) is 0 Å². The van der Waals surface area contributed by atoms with Crippen molar-refractivity contribution in [3.05, 3.63) is 59.7 Å². The van der Waals surface area contributed by atoms with Crippen molar-refractivity contribution in [2.75, 3.05) is 24.2 Å². The molecular weight excluding hydrogens is 490 g/mol. The summed E-state index contributed by atoms with van der Waals surface area (Å²) < 4.78 is 32.0. The zero-order valence-corrected chi connectivity index (χ0v) is 24.1. The molecule has 0 aromatic heterocycles. The van der Waals surface area contributed by atoms with Crippen LogP contribution in [0.5, 0.6) is 5.75 Å². The van der Waals surface area contributed by atoms with Gasteiger partial charge in [-0.25, -0.2) is 8.42 Å². The lowest BCUT2D eigenvalue weighted by Crippen LogP contribution is -2.55. The van der Waals surface area contributed by atoms with E-state index in [1.165, 1.54) is 4.90 Å². The van der Waals surface area contributed by atoms with E-state index in [-0.39, 0.29) is 18.4 Å². The maximum absolute atomic E-state index is 13.8. The Morgan fingerprint density at radius 2 is 1.68 bits per heavy atom. The molecular formula is C28H41N3O5S. The van der Waals surface area contributed by atoms with Crippen molar-refractivity contribution in [3.8, 4) is 5.75 Å². The fourth-order valence-corrected chi connectivity index (χ4v) is 4.83. The zero-order valence-electron chi connectivity index (χ0n) is 23.2. The molecule has 2 amide bonds. The molecule has 9 heteroatoms. The first-order valence-corrected chi connectivity index (χ1v) is 14.3. The smallest absolute Gasteiger partial charge is 0.244 e. The molecule has 0 bridgehead atoms. The highest BCUT2D eigenvalue weighted by Gasteiger charge is 2.33. The topological polar surface area (TPSA) is 96.0 Å². The van der Waals surface area contributed by atoms with Crippen molar-refractivity contribution in [2.24, 2.45) is 0 Å². The number of sulfonamides is 1. The predicted molar refractivity (Wildman–Crippen MR) is 148 cm³/mol. The van der Waals surface area contributed by atoms with Crippen molar-refractivity contribution < 1.29 is 22.7 Å². The lowest BCUT2D eigenvalue weighted by Gasteiger charge is -2.34. The lowest BCUT2D eigenvalue weighted by atomic mass is 10.0. The SMILES string of the molecule is CC[C@H](C(=O)NC(C)(C)C)N(Cc1cccc(OC)c1)C(=O)CN(c1ccc(C(C)C)cc1)S(C)(=O)=O. The van der Waals surface area contributed by atoms with Gasteiger partial charge in [0.1, 0.15) is 18.3 Å². The fourth-order valence-electron chi connectivity index (χ4n) is 3.98. The van der Waals surface area contributed by atoms with Crippen LogP contribution in [0.3, 0.4) is 0 Å². The van der Waals surface area contributed by atoms with Crippen LogP contribution in [-0.2, 0) is 26.2 Å². The first-order chi connectivity index (χ1) is 17.2. The molecule has 2 aromatic rings. The minimum absolute atomic E-state index is 0.121. The van der Waals surface area contributed by atoms with Gasteiger partial charge in [0.15, 0.2) is 0 Å². The van der Waals surface area contributed by atoms with Crippen LogP contribution in [0.4, 0.5) is 5.69 Å². The predicted octanol–water partition coefficient (Wildman–Crippen LogP) is 4.31. The first kappa shape index (κ1) is 30.2. The van der Waals surface area contributed by atoms with Gasteiger partial charge in [-0.3, -0.25) is 13.9 Å². The quantitative estimate of drug-likeness (QED) is 0.466. The standard InChI is InChI=1S/C28H41N3O5S/c1-9-25(27(33)29-28(4,5)6)30(18-21-11-10-12-24(17-21)36-7)26(32)19-31(37(8,34)35)23-15-13-22(14-16-23)20(2)3/h10-17,20,25H,9,18-19H2,1-8H3,(H,29,33)/t25-/m1/s1. The summed E-state index contributed by atoms with van der Waals surface area (Å²) >= 11 is 0. The average molecular weight is 532 g/mol. The van der Waals surface area contributed by atoms with Crippen LogP contribution in [0.2, 0.25) is 0 Å². The number of benzene rings is 2. The molecule has 37 heavy (non-hydrogen) atoms. The van der Waals surface area contributed by atoms with Gasteiger partial charge < -0.3 is 15.0 Å². The third kappa shape index (κ3) is 8.77. The summed E-state index contributed by atoms with van der Waals surface area (Å²) in [5, 5.41) is 2.96. The molecule has 2 rings (SSSR count). The molecule has 0 aliphatic heterocycles. The van der Waals surface area contributed by atoms with Gasteiger partial charge in [-0.1, -0.05) is 45.0 Å². The van der Waals surface area contributed by atoms with E-state index in [1.54, 1.807) is 31.4 Å². The van der Waals surface area contributed by atoms with Crippen LogP contribution >= 0.6 is 0 Å². The van der Waals surface area contributed by atoms with E-state index in [2.05, 4.69) is 19.2 Å². The van der Waals surface area contributed by atoms with E-state index in [1.807, 2.05) is 52.0 Å². The van der Waals surface area contributed by atoms with Gasteiger partial charge in [-0.05, 0) is 68.5 Å². The second-order valence-corrected chi connectivity index (χ2v) is 12.5. The second-order valence-electron chi connectivity index (χ2n) is 10.6. The molecule has 0 saturated heterocycles. The highest BCUT2D eigenvalue weighted by atomic mass is 32.2. The van der Waals surface area contributed by atoms with E-state index in [9.17, 15) is 18.0 Å². The zero-order chi connectivity index (χ0) is 28.0. The Kier molecular flexibility index (Phi) is 10.1. The van der Waals surface area contributed by atoms with Gasteiger partial charge in [-0.15, -0.1) is 0 Å². The van der Waals surface area contributed by atoms with Gasteiger partial charge in [0.05, 0.1) is 19.1 Å². The lowest BCUT2D eigenvalue weighted by molar-refractivity contribution is -0.141. The number of nitrogens with zero attached hydrogens (tertiary/aromatic N) is 2. The van der Waals surface area contributed by atoms with E-state index >= 15 is 0 Å². The van der Waals surface area contributed by atoms with Crippen molar-refractivity contribution in [1.82, 2.24) is 10.2 Å².